The molecule has 346 valence electrons. The third kappa shape index (κ3) is 10.6. The van der Waals surface area contributed by atoms with E-state index < -0.39 is 35.0 Å². The van der Waals surface area contributed by atoms with Crippen molar-refractivity contribution in [2.24, 2.45) is 11.8 Å². The van der Waals surface area contributed by atoms with Crippen molar-refractivity contribution >= 4 is 34.6 Å². The van der Waals surface area contributed by atoms with Crippen molar-refractivity contribution in [3.8, 4) is 0 Å². The number of carbonyl (C=O) groups excluding carboxylic acids is 4. The highest BCUT2D eigenvalue weighted by atomic mass is 19.1. The normalized spacial score (nSPS) is 24.3. The van der Waals surface area contributed by atoms with Crippen molar-refractivity contribution in [3.05, 3.63) is 75.5 Å². The monoisotopic (exact) mass is 876 g/mol. The van der Waals surface area contributed by atoms with Crippen LogP contribution in [0.1, 0.15) is 124 Å². The minimum Gasteiger partial charge on any atom is -0.444 e. The molecule has 0 unspecified atom stereocenters. The number of aromatic amines is 1. The number of halogens is 1. The fraction of sp³-hybridized carbons (Fsp3) is 0.625. The number of fused-ring (bicyclic) bond motifs is 4. The third-order valence-corrected chi connectivity index (χ3v) is 14.2. The van der Waals surface area contributed by atoms with Gasteiger partial charge in [-0.05, 0) is 121 Å². The lowest BCUT2D eigenvalue weighted by Crippen LogP contribution is -2.67. The molecule has 2 bridgehead atoms. The number of rotatable bonds is 11. The van der Waals surface area contributed by atoms with Gasteiger partial charge < -0.3 is 34.8 Å². The Balaban J connectivity index is 0.00000272. The van der Waals surface area contributed by atoms with Crippen LogP contribution in [0.4, 0.5) is 9.18 Å². The number of H-pyrrole nitrogens is 1. The third-order valence-electron chi connectivity index (χ3n) is 14.2. The van der Waals surface area contributed by atoms with E-state index in [0.717, 1.165) is 90.3 Å². The average molecular weight is 876 g/mol. The first-order chi connectivity index (χ1) is 30.2. The number of benzene rings is 2. The van der Waals surface area contributed by atoms with Gasteiger partial charge in [-0.2, -0.15) is 5.10 Å². The Bertz CT molecular complexity index is 2210. The zero-order chi connectivity index (χ0) is 44.4. The highest BCUT2D eigenvalue weighted by Crippen LogP contribution is 2.45. The molecular weight excluding hydrogens is 806 g/mol. The smallest absolute Gasteiger partial charge is 0.408 e. The van der Waals surface area contributed by atoms with Gasteiger partial charge in [-0.15, -0.1) is 0 Å². The quantitative estimate of drug-likeness (QED) is 0.196. The number of nitrogens with zero attached hydrogens (tertiary/aromatic N) is 4. The second-order valence-corrected chi connectivity index (χ2v) is 19.9. The molecule has 0 spiro atoms. The molecule has 5 heterocycles. The predicted octanol–water partition coefficient (Wildman–Crippen LogP) is 6.45. The molecule has 63 heavy (non-hydrogen) atoms. The maximum atomic E-state index is 15.1. The summed E-state index contributed by atoms with van der Waals surface area (Å²) in [6, 6.07) is 11.0. The summed E-state index contributed by atoms with van der Waals surface area (Å²) in [5.74, 6) is -0.678. The van der Waals surface area contributed by atoms with E-state index in [1.807, 2.05) is 37.8 Å². The highest BCUT2D eigenvalue weighted by molar-refractivity contribution is 5.95. The van der Waals surface area contributed by atoms with Gasteiger partial charge >= 0.3 is 6.09 Å². The number of hydrogen-bond acceptors (Lipinski definition) is 9. The molecule has 15 heteroatoms. The Morgan fingerprint density at radius 1 is 0.921 bits per heavy atom. The first-order valence-electron chi connectivity index (χ1n) is 23.2. The number of hydrogen-bond donors (Lipinski definition) is 3. The number of amides is 4. The van der Waals surface area contributed by atoms with Gasteiger partial charge in [0.15, 0.2) is 0 Å². The van der Waals surface area contributed by atoms with Gasteiger partial charge in [0.2, 0.25) is 11.8 Å². The highest BCUT2D eigenvalue weighted by Gasteiger charge is 2.52. The number of alkyl carbamates (subject to hydrolysis) is 1. The lowest BCUT2D eigenvalue weighted by atomic mass is 9.70. The minimum atomic E-state index is -0.653. The molecule has 1 atom stereocenters. The Morgan fingerprint density at radius 3 is 2.27 bits per heavy atom. The molecule has 4 saturated heterocycles. The standard InChI is InChI=1S/C48H64FN7O7.3H2/c1-46(2,3)63-45(61)50-41(34-9-5-4-6-10-34)43(59)51-47-17-19-48(20-18-47,62-31-47)30-54-21-15-32(16-22-54)29-40(57)55-23-25-56(26-24-55)44(60)37-27-33(13-14-38(37)49)28-39-35-11-7-8-12-36(35)42(58)53-52-39;;;/h7-8,11-14,27,32,34,41H,4-6,9-10,15-26,28-31H2,1-3H3,(H,50,61)(H,51,59)(H,53,58);3*1H/t41-,47?,48?;;;/m1.../s1. The second-order valence-electron chi connectivity index (χ2n) is 19.9. The molecule has 14 nitrogen and oxygen atoms in total. The fourth-order valence-corrected chi connectivity index (χ4v) is 10.6. The molecule has 6 aliphatic rings. The van der Waals surface area contributed by atoms with Gasteiger partial charge in [0, 0.05) is 55.2 Å². The lowest BCUT2D eigenvalue weighted by molar-refractivity contribution is -0.176. The van der Waals surface area contributed by atoms with E-state index in [-0.39, 0.29) is 44.7 Å². The van der Waals surface area contributed by atoms with E-state index in [1.54, 1.807) is 29.2 Å². The second kappa shape index (κ2) is 18.7. The molecule has 4 aliphatic heterocycles. The molecule has 9 rings (SSSR count). The van der Waals surface area contributed by atoms with Crippen molar-refractivity contribution in [2.75, 3.05) is 52.4 Å². The number of likely N-dealkylation sites (tertiary alicyclic amines) is 1. The number of piperidine rings is 1. The SMILES string of the molecule is CC(C)(C)OC(=O)N[C@@H](C(=O)NC12CCC(CN3CCC(CC(=O)N4CCN(C(=O)c5cc(Cc6n[nH]c(=O)c7ccccc67)ccc5F)CC4)CC3)(CC1)OC2)C1CCCCC1.[HH].[HH].[HH]. The van der Waals surface area contributed by atoms with Gasteiger partial charge in [0.25, 0.3) is 11.5 Å². The first kappa shape index (κ1) is 44.7. The zero-order valence-electron chi connectivity index (χ0n) is 37.1. The van der Waals surface area contributed by atoms with Crippen LogP contribution < -0.4 is 16.2 Å². The Kier molecular flexibility index (Phi) is 13.3. The minimum absolute atomic E-state index is 0. The van der Waals surface area contributed by atoms with Crippen molar-refractivity contribution in [1.82, 2.24) is 35.5 Å². The Labute approximate surface area is 373 Å². The maximum Gasteiger partial charge on any atom is 0.408 e. The van der Waals surface area contributed by atoms with E-state index >= 15 is 4.39 Å². The number of ether oxygens (including phenoxy) is 2. The summed E-state index contributed by atoms with van der Waals surface area (Å²) in [7, 11) is 0. The van der Waals surface area contributed by atoms with Gasteiger partial charge in [-0.3, -0.25) is 19.2 Å². The fourth-order valence-electron chi connectivity index (χ4n) is 10.6. The maximum absolute atomic E-state index is 15.1. The van der Waals surface area contributed by atoms with E-state index in [2.05, 4.69) is 25.7 Å². The van der Waals surface area contributed by atoms with Crippen molar-refractivity contribution < 1.29 is 37.3 Å². The summed E-state index contributed by atoms with van der Waals surface area (Å²) in [4.78, 5) is 71.9. The number of aromatic nitrogens is 2. The number of nitrogens with one attached hydrogen (secondary N) is 3. The van der Waals surface area contributed by atoms with Crippen LogP contribution in [-0.4, -0.2) is 124 Å². The molecule has 6 fully saturated rings. The van der Waals surface area contributed by atoms with Gasteiger partial charge in [0.05, 0.1) is 34.4 Å². The molecular formula is C48H70FN7O7. The molecule has 0 radical (unpaired) electrons. The van der Waals surface area contributed by atoms with Crippen LogP contribution in [0.5, 0.6) is 0 Å². The summed E-state index contributed by atoms with van der Waals surface area (Å²) in [5.41, 5.74) is -0.300. The number of piperazine rings is 1. The molecule has 1 aromatic heterocycles. The van der Waals surface area contributed by atoms with Crippen LogP contribution in [0.15, 0.2) is 47.3 Å². The Hall–Kier alpha value is -4.89. The average Bonchev–Trinajstić information content (AvgIpc) is 3.28. The van der Waals surface area contributed by atoms with Gasteiger partial charge in [-0.25, -0.2) is 14.3 Å². The van der Waals surface area contributed by atoms with Gasteiger partial charge in [-0.1, -0.05) is 43.5 Å². The van der Waals surface area contributed by atoms with Gasteiger partial charge in [0.1, 0.15) is 17.5 Å². The van der Waals surface area contributed by atoms with Crippen LogP contribution in [0.25, 0.3) is 10.8 Å². The van der Waals surface area contributed by atoms with Crippen LogP contribution in [0, 0.1) is 17.7 Å². The van der Waals surface area contributed by atoms with Crippen LogP contribution in [-0.2, 0) is 25.5 Å². The Morgan fingerprint density at radius 2 is 1.60 bits per heavy atom. The van der Waals surface area contributed by atoms with Crippen LogP contribution in [0.3, 0.4) is 0 Å². The largest absolute Gasteiger partial charge is 0.444 e. The summed E-state index contributed by atoms with van der Waals surface area (Å²) in [5, 5.41) is 14.3. The van der Waals surface area contributed by atoms with Crippen molar-refractivity contribution in [1.29, 1.82) is 0 Å². The van der Waals surface area contributed by atoms with E-state index in [0.29, 0.717) is 67.7 Å². The molecule has 2 saturated carbocycles. The lowest BCUT2D eigenvalue weighted by Gasteiger charge is -2.55. The summed E-state index contributed by atoms with van der Waals surface area (Å²) in [6.07, 6.45) is 10.5. The zero-order valence-corrected chi connectivity index (χ0v) is 37.1. The van der Waals surface area contributed by atoms with E-state index in [9.17, 15) is 24.0 Å². The number of carbonyl (C=O) groups is 4. The first-order valence-corrected chi connectivity index (χ1v) is 23.2. The molecule has 2 aromatic carbocycles. The molecule has 3 N–H and O–H groups in total. The van der Waals surface area contributed by atoms with Crippen LogP contribution >= 0.6 is 0 Å². The molecule has 4 amide bonds. The predicted molar refractivity (Wildman–Crippen MR) is 242 cm³/mol. The topological polar surface area (TPSA) is 166 Å². The van der Waals surface area contributed by atoms with Crippen LogP contribution in [0.2, 0.25) is 0 Å². The molecule has 2 aliphatic carbocycles. The van der Waals surface area contributed by atoms with E-state index in [1.165, 1.54) is 6.07 Å². The summed E-state index contributed by atoms with van der Waals surface area (Å²) >= 11 is 0. The summed E-state index contributed by atoms with van der Waals surface area (Å²) < 4.78 is 27.2. The summed E-state index contributed by atoms with van der Waals surface area (Å²) in [6.45, 7) is 10.0. The molecule has 3 aromatic rings. The van der Waals surface area contributed by atoms with Crippen molar-refractivity contribution in [3.63, 3.8) is 0 Å². The van der Waals surface area contributed by atoms with E-state index in [4.69, 9.17) is 9.47 Å². The van der Waals surface area contributed by atoms with Crippen molar-refractivity contribution in [2.45, 2.75) is 127 Å².